The zero-order valence-corrected chi connectivity index (χ0v) is 13.7. The Bertz CT molecular complexity index is 481. The van der Waals surface area contributed by atoms with Gasteiger partial charge >= 0.3 is 0 Å². The number of nitrogens with one attached hydrogen (secondary N) is 1. The fraction of sp³-hybridized carbons (Fsp3) is 0.722. The van der Waals surface area contributed by atoms with Crippen molar-refractivity contribution < 1.29 is 0 Å². The number of rotatable bonds is 5. The summed E-state index contributed by atoms with van der Waals surface area (Å²) in [6.45, 7) is 5.50. The summed E-state index contributed by atoms with van der Waals surface area (Å²) in [5.74, 6) is 1.92. The van der Waals surface area contributed by atoms with Crippen LogP contribution in [-0.4, -0.2) is 24.1 Å². The molecule has 1 aromatic rings. The molecule has 2 unspecified atom stereocenters. The molecule has 0 radical (unpaired) electrons. The minimum absolute atomic E-state index is 0.654. The highest BCUT2D eigenvalue weighted by atomic mass is 15.2. The summed E-state index contributed by atoms with van der Waals surface area (Å²) in [4.78, 5) is 7.28. The Kier molecular flexibility index (Phi) is 4.48. The van der Waals surface area contributed by atoms with Gasteiger partial charge in [0, 0.05) is 31.4 Å². The molecule has 1 N–H and O–H groups in total. The van der Waals surface area contributed by atoms with Crippen molar-refractivity contribution in [3.05, 3.63) is 23.4 Å². The number of hydrogen-bond donors (Lipinski definition) is 1. The summed E-state index contributed by atoms with van der Waals surface area (Å²) in [6, 6.07) is 5.88. The number of nitrogens with zero attached hydrogens (tertiary/aromatic N) is 2. The molecule has 21 heavy (non-hydrogen) atoms. The number of pyridine rings is 1. The quantitative estimate of drug-likeness (QED) is 0.896. The van der Waals surface area contributed by atoms with Gasteiger partial charge in [-0.15, -0.1) is 0 Å². The van der Waals surface area contributed by atoms with Crippen LogP contribution in [0.5, 0.6) is 0 Å². The zero-order valence-electron chi connectivity index (χ0n) is 13.7. The van der Waals surface area contributed by atoms with Crippen LogP contribution in [0.3, 0.4) is 0 Å². The lowest BCUT2D eigenvalue weighted by atomic mass is 9.85. The summed E-state index contributed by atoms with van der Waals surface area (Å²) < 4.78 is 0. The number of hydrogen-bond acceptors (Lipinski definition) is 3. The summed E-state index contributed by atoms with van der Waals surface area (Å²) in [6.07, 6.45) is 8.10. The van der Waals surface area contributed by atoms with E-state index in [2.05, 4.69) is 43.2 Å². The topological polar surface area (TPSA) is 28.2 Å². The molecule has 3 nitrogen and oxygen atoms in total. The third-order valence-electron chi connectivity index (χ3n) is 5.26. The normalized spacial score (nSPS) is 25.9. The number of aromatic nitrogens is 1. The average Bonchev–Trinajstić information content (AvgIpc) is 3.30. The molecule has 3 rings (SSSR count). The third-order valence-corrected chi connectivity index (χ3v) is 5.26. The summed E-state index contributed by atoms with van der Waals surface area (Å²) in [7, 11) is 2.22. The maximum Gasteiger partial charge on any atom is 0.128 e. The highest BCUT2D eigenvalue weighted by Crippen LogP contribution is 2.30. The van der Waals surface area contributed by atoms with Crippen molar-refractivity contribution in [2.75, 3.05) is 11.9 Å². The Morgan fingerprint density at radius 1 is 1.19 bits per heavy atom. The van der Waals surface area contributed by atoms with E-state index in [0.717, 1.165) is 24.3 Å². The van der Waals surface area contributed by atoms with E-state index in [-0.39, 0.29) is 0 Å². The van der Waals surface area contributed by atoms with Crippen molar-refractivity contribution in [3.8, 4) is 0 Å². The summed E-state index contributed by atoms with van der Waals surface area (Å²) in [5.41, 5.74) is 2.52. The number of anilines is 1. The Morgan fingerprint density at radius 3 is 2.62 bits per heavy atom. The molecule has 0 aromatic carbocycles. The molecule has 2 aliphatic carbocycles. The SMILES string of the molecule is Cc1nc(N(C)C2CCCCC2C)ccc1CNC1CC1. The van der Waals surface area contributed by atoms with Gasteiger partial charge in [0.15, 0.2) is 0 Å². The number of aryl methyl sites for hydroxylation is 1. The van der Waals surface area contributed by atoms with Gasteiger partial charge in [0.05, 0.1) is 0 Å². The lowest BCUT2D eigenvalue weighted by Gasteiger charge is -2.37. The third kappa shape index (κ3) is 3.57. The van der Waals surface area contributed by atoms with Crippen LogP contribution < -0.4 is 10.2 Å². The van der Waals surface area contributed by atoms with E-state index in [9.17, 15) is 0 Å². The second-order valence-electron chi connectivity index (χ2n) is 7.01. The van der Waals surface area contributed by atoms with Crippen LogP contribution >= 0.6 is 0 Å². The maximum atomic E-state index is 4.87. The van der Waals surface area contributed by atoms with Crippen LogP contribution in [0.1, 0.15) is 56.7 Å². The van der Waals surface area contributed by atoms with Gasteiger partial charge in [-0.2, -0.15) is 0 Å². The van der Waals surface area contributed by atoms with Gasteiger partial charge in [-0.25, -0.2) is 4.98 Å². The van der Waals surface area contributed by atoms with Crippen LogP contribution in [0.4, 0.5) is 5.82 Å². The Labute approximate surface area is 129 Å². The van der Waals surface area contributed by atoms with Crippen molar-refractivity contribution in [3.63, 3.8) is 0 Å². The molecule has 1 aromatic heterocycles. The summed E-state index contributed by atoms with van der Waals surface area (Å²) in [5, 5.41) is 3.58. The van der Waals surface area contributed by atoms with E-state index in [4.69, 9.17) is 4.98 Å². The molecule has 0 aliphatic heterocycles. The predicted molar refractivity (Wildman–Crippen MR) is 88.7 cm³/mol. The van der Waals surface area contributed by atoms with Gasteiger partial charge in [-0.05, 0) is 50.2 Å². The average molecular weight is 287 g/mol. The Morgan fingerprint density at radius 2 is 1.95 bits per heavy atom. The minimum Gasteiger partial charge on any atom is -0.356 e. The molecule has 2 fully saturated rings. The summed E-state index contributed by atoms with van der Waals surface area (Å²) >= 11 is 0. The first-order valence-electron chi connectivity index (χ1n) is 8.58. The smallest absolute Gasteiger partial charge is 0.128 e. The maximum absolute atomic E-state index is 4.87. The van der Waals surface area contributed by atoms with Crippen LogP contribution in [0, 0.1) is 12.8 Å². The van der Waals surface area contributed by atoms with Gasteiger partial charge in [0.2, 0.25) is 0 Å². The molecule has 0 bridgehead atoms. The molecule has 3 heteroatoms. The largest absolute Gasteiger partial charge is 0.356 e. The van der Waals surface area contributed by atoms with E-state index in [1.165, 1.54) is 49.8 Å². The second-order valence-corrected chi connectivity index (χ2v) is 7.01. The fourth-order valence-corrected chi connectivity index (χ4v) is 3.54. The zero-order chi connectivity index (χ0) is 14.8. The molecule has 0 saturated heterocycles. The molecule has 2 aliphatic rings. The molecule has 0 spiro atoms. The van der Waals surface area contributed by atoms with Crippen LogP contribution in [0.2, 0.25) is 0 Å². The van der Waals surface area contributed by atoms with Gasteiger partial charge in [0.25, 0.3) is 0 Å². The van der Waals surface area contributed by atoms with Gasteiger partial charge in [0.1, 0.15) is 5.82 Å². The van der Waals surface area contributed by atoms with Crippen molar-refractivity contribution in [2.45, 2.75) is 71.0 Å². The van der Waals surface area contributed by atoms with E-state index in [0.29, 0.717) is 6.04 Å². The molecule has 2 saturated carbocycles. The molecule has 1 heterocycles. The van der Waals surface area contributed by atoms with Crippen molar-refractivity contribution in [2.24, 2.45) is 5.92 Å². The standard InChI is InChI=1S/C18H29N3/c1-13-6-4-5-7-17(13)21(3)18-11-8-15(14(2)20-18)12-19-16-9-10-16/h8,11,13,16-17,19H,4-7,9-10,12H2,1-3H3. The molecule has 0 amide bonds. The van der Waals surface area contributed by atoms with Crippen molar-refractivity contribution in [1.82, 2.24) is 10.3 Å². The highest BCUT2D eigenvalue weighted by molar-refractivity contribution is 5.42. The minimum atomic E-state index is 0.654. The Hall–Kier alpha value is -1.09. The van der Waals surface area contributed by atoms with Crippen LogP contribution in [0.15, 0.2) is 12.1 Å². The van der Waals surface area contributed by atoms with Gasteiger partial charge in [-0.3, -0.25) is 0 Å². The molecule has 116 valence electrons. The van der Waals surface area contributed by atoms with Crippen LogP contribution in [-0.2, 0) is 6.54 Å². The van der Waals surface area contributed by atoms with Crippen molar-refractivity contribution >= 4 is 5.82 Å². The van der Waals surface area contributed by atoms with E-state index < -0.39 is 0 Å². The second kappa shape index (κ2) is 6.35. The molecule has 2 atom stereocenters. The van der Waals surface area contributed by atoms with Crippen LogP contribution in [0.25, 0.3) is 0 Å². The van der Waals surface area contributed by atoms with E-state index in [1.807, 2.05) is 0 Å². The first-order valence-corrected chi connectivity index (χ1v) is 8.58. The molecular weight excluding hydrogens is 258 g/mol. The highest BCUT2D eigenvalue weighted by Gasteiger charge is 2.26. The Balaban J connectivity index is 1.67. The van der Waals surface area contributed by atoms with E-state index in [1.54, 1.807) is 0 Å². The lowest BCUT2D eigenvalue weighted by Crippen LogP contribution is -2.39. The predicted octanol–water partition coefficient (Wildman–Crippen LogP) is 3.66. The fourth-order valence-electron chi connectivity index (χ4n) is 3.54. The monoisotopic (exact) mass is 287 g/mol. The van der Waals surface area contributed by atoms with Gasteiger partial charge in [-0.1, -0.05) is 25.8 Å². The van der Waals surface area contributed by atoms with Crippen molar-refractivity contribution in [1.29, 1.82) is 0 Å². The van der Waals surface area contributed by atoms with E-state index >= 15 is 0 Å². The first-order chi connectivity index (χ1) is 10.1. The van der Waals surface area contributed by atoms with Gasteiger partial charge < -0.3 is 10.2 Å². The molecular formula is C18H29N3. The first kappa shape index (κ1) is 14.8. The lowest BCUT2D eigenvalue weighted by molar-refractivity contribution is 0.320.